The fourth-order valence-corrected chi connectivity index (χ4v) is 4.79. The summed E-state index contributed by atoms with van der Waals surface area (Å²) in [6.45, 7) is 5.78. The number of aryl methyl sites for hydroxylation is 1. The molecule has 0 aliphatic heterocycles. The van der Waals surface area contributed by atoms with E-state index in [0.29, 0.717) is 56.4 Å². The number of methoxy groups -OCH3 is 3. The Morgan fingerprint density at radius 3 is 2.40 bits per heavy atom. The van der Waals surface area contributed by atoms with Crippen LogP contribution in [0.25, 0.3) is 22.2 Å². The van der Waals surface area contributed by atoms with Gasteiger partial charge in [0.2, 0.25) is 11.6 Å². The summed E-state index contributed by atoms with van der Waals surface area (Å²) in [4.78, 5) is 21.8. The number of carbonyl (C=O) groups excluding carboxylic acids is 1. The summed E-state index contributed by atoms with van der Waals surface area (Å²) in [5, 5.41) is 20.7. The molecule has 12 nitrogen and oxygen atoms in total. The first-order valence-electron chi connectivity index (χ1n) is 12.4. The summed E-state index contributed by atoms with van der Waals surface area (Å²) < 4.78 is 21.7. The van der Waals surface area contributed by atoms with Crippen LogP contribution in [0.2, 0.25) is 0 Å². The van der Waals surface area contributed by atoms with Crippen LogP contribution in [0.4, 0.5) is 22.3 Å². The summed E-state index contributed by atoms with van der Waals surface area (Å²) >= 11 is 1.24. The van der Waals surface area contributed by atoms with E-state index in [1.165, 1.54) is 32.7 Å². The minimum Gasteiger partial charge on any atom is -0.493 e. The lowest BCUT2D eigenvalue weighted by Crippen LogP contribution is -2.28. The van der Waals surface area contributed by atoms with Crippen LogP contribution in [-0.2, 0) is 4.79 Å². The van der Waals surface area contributed by atoms with Gasteiger partial charge in [-0.05, 0) is 37.0 Å². The highest BCUT2D eigenvalue weighted by Gasteiger charge is 2.21. The number of hydrogen-bond acceptors (Lipinski definition) is 12. The molecule has 13 heteroatoms. The molecule has 4 rings (SSSR count). The Labute approximate surface area is 235 Å². The number of aliphatic hydroxyl groups excluding tert-OH is 1. The van der Waals surface area contributed by atoms with Gasteiger partial charge >= 0.3 is 0 Å². The molecule has 0 aliphatic rings. The Morgan fingerprint density at radius 1 is 1.07 bits per heavy atom. The number of anilines is 4. The van der Waals surface area contributed by atoms with E-state index in [0.717, 1.165) is 5.56 Å². The van der Waals surface area contributed by atoms with Gasteiger partial charge in [-0.1, -0.05) is 36.4 Å². The Kier molecular flexibility index (Phi) is 8.75. The number of rotatable bonds is 11. The molecule has 4 aromatic rings. The number of nitrogens with one attached hydrogen (secondary N) is 2. The van der Waals surface area contributed by atoms with Gasteiger partial charge in [-0.2, -0.15) is 4.98 Å². The van der Waals surface area contributed by atoms with Crippen LogP contribution in [0, 0.1) is 12.8 Å². The third-order valence-electron chi connectivity index (χ3n) is 5.93. The molecule has 0 spiro atoms. The van der Waals surface area contributed by atoms with Crippen molar-refractivity contribution in [3.8, 4) is 39.4 Å². The van der Waals surface area contributed by atoms with Crippen LogP contribution >= 0.6 is 11.3 Å². The number of hydrogen-bond donors (Lipinski definition) is 4. The molecule has 0 bridgehead atoms. The van der Waals surface area contributed by atoms with Gasteiger partial charge in [-0.25, -0.2) is 4.98 Å². The zero-order chi connectivity index (χ0) is 29.0. The third kappa shape index (κ3) is 6.26. The third-order valence-corrected chi connectivity index (χ3v) is 6.91. The second-order valence-electron chi connectivity index (χ2n) is 9.36. The summed E-state index contributed by atoms with van der Waals surface area (Å²) in [6, 6.07) is 8.81. The van der Waals surface area contributed by atoms with E-state index in [2.05, 4.69) is 25.8 Å². The number of nitrogens with two attached hydrogens (primary N) is 1. The van der Waals surface area contributed by atoms with Crippen molar-refractivity contribution in [2.24, 2.45) is 5.92 Å². The van der Waals surface area contributed by atoms with Crippen molar-refractivity contribution >= 4 is 39.6 Å². The molecule has 0 radical (unpaired) electrons. The van der Waals surface area contributed by atoms with Crippen LogP contribution in [0.1, 0.15) is 25.8 Å². The van der Waals surface area contributed by atoms with Crippen LogP contribution in [0.5, 0.6) is 17.2 Å². The molecule has 212 valence electrons. The molecule has 0 saturated carbocycles. The minimum atomic E-state index is -1.10. The maximum Gasteiger partial charge on any atom is 0.272 e. The molecular weight excluding hydrogens is 536 g/mol. The first kappa shape index (κ1) is 28.6. The van der Waals surface area contributed by atoms with Crippen LogP contribution in [0.3, 0.4) is 0 Å². The fraction of sp³-hybridized carbons (Fsp3) is 0.333. The molecule has 0 saturated heterocycles. The van der Waals surface area contributed by atoms with Gasteiger partial charge in [0.05, 0.1) is 21.3 Å². The minimum absolute atomic E-state index is 0.184. The second-order valence-corrected chi connectivity index (χ2v) is 10.4. The molecule has 0 fully saturated rings. The molecule has 2 aromatic heterocycles. The quantitative estimate of drug-likeness (QED) is 0.195. The van der Waals surface area contributed by atoms with Crippen molar-refractivity contribution in [1.29, 1.82) is 0 Å². The maximum absolute atomic E-state index is 12.4. The van der Waals surface area contributed by atoms with E-state index < -0.39 is 12.0 Å². The normalized spacial score (nSPS) is 11.8. The molecule has 1 atom stereocenters. The van der Waals surface area contributed by atoms with Crippen molar-refractivity contribution in [2.45, 2.75) is 33.3 Å². The van der Waals surface area contributed by atoms with E-state index in [-0.39, 0.29) is 17.6 Å². The number of aliphatic hydroxyl groups is 1. The lowest BCUT2D eigenvalue weighted by atomic mass is 10.0. The largest absolute Gasteiger partial charge is 0.493 e. The summed E-state index contributed by atoms with van der Waals surface area (Å²) in [5.41, 5.74) is 8.88. The SMILES string of the molecule is COc1cc(Nc2nc(N)c(-c3nc(-c4cc(NC(=O)C(O)CC(C)C)ccc4C)no3)s2)cc(OC)c1OC. The first-order chi connectivity index (χ1) is 19.1. The molecule has 1 unspecified atom stereocenters. The van der Waals surface area contributed by atoms with Gasteiger partial charge < -0.3 is 40.2 Å². The number of benzene rings is 2. The lowest BCUT2D eigenvalue weighted by molar-refractivity contribution is -0.124. The Bertz CT molecular complexity index is 1480. The van der Waals surface area contributed by atoms with Crippen LogP contribution in [-0.4, -0.2) is 53.6 Å². The van der Waals surface area contributed by atoms with E-state index in [1.807, 2.05) is 26.8 Å². The van der Waals surface area contributed by atoms with Crippen molar-refractivity contribution in [3.05, 3.63) is 35.9 Å². The number of carbonyl (C=O) groups is 1. The molecule has 1 amide bonds. The highest BCUT2D eigenvalue weighted by molar-refractivity contribution is 7.19. The zero-order valence-corrected chi connectivity index (χ0v) is 23.9. The predicted molar refractivity (Wildman–Crippen MR) is 153 cm³/mol. The summed E-state index contributed by atoms with van der Waals surface area (Å²) in [6.07, 6.45) is -0.732. The Morgan fingerprint density at radius 2 is 1.77 bits per heavy atom. The summed E-state index contributed by atoms with van der Waals surface area (Å²) in [7, 11) is 4.61. The van der Waals surface area contributed by atoms with E-state index in [9.17, 15) is 9.90 Å². The van der Waals surface area contributed by atoms with Gasteiger partial charge in [0.25, 0.3) is 11.8 Å². The molecule has 40 heavy (non-hydrogen) atoms. The molecule has 0 aliphatic carbocycles. The Balaban J connectivity index is 1.56. The number of nitrogen functional groups attached to an aromatic ring is 1. The zero-order valence-electron chi connectivity index (χ0n) is 23.1. The topological polar surface area (TPSA) is 167 Å². The summed E-state index contributed by atoms with van der Waals surface area (Å²) in [5.74, 6) is 1.89. The van der Waals surface area contributed by atoms with E-state index >= 15 is 0 Å². The number of thiazole rings is 1. The standard InChI is InChI=1S/C27H32N6O6S/c1-13(2)9-18(34)25(35)29-15-8-7-14(3)17(10-15)24-32-26(39-33-24)22-23(28)31-27(40-22)30-16-11-19(36-4)21(38-6)20(12-16)37-5/h7-8,10-13,18,34H,9,28H2,1-6H3,(H,29,35)(H,30,31). The first-order valence-corrected chi connectivity index (χ1v) is 13.2. The van der Waals surface area contributed by atoms with Gasteiger partial charge in [-0.3, -0.25) is 4.79 Å². The predicted octanol–water partition coefficient (Wildman–Crippen LogP) is 4.87. The van der Waals surface area contributed by atoms with Gasteiger partial charge in [0.1, 0.15) is 16.8 Å². The van der Waals surface area contributed by atoms with Crippen molar-refractivity contribution in [2.75, 3.05) is 37.7 Å². The maximum atomic E-state index is 12.4. The number of nitrogens with zero attached hydrogens (tertiary/aromatic N) is 3. The lowest BCUT2D eigenvalue weighted by Gasteiger charge is -2.14. The second kappa shape index (κ2) is 12.2. The highest BCUT2D eigenvalue weighted by Crippen LogP contribution is 2.42. The van der Waals surface area contributed by atoms with E-state index in [1.54, 1.807) is 24.3 Å². The van der Waals surface area contributed by atoms with Crippen molar-refractivity contribution in [3.63, 3.8) is 0 Å². The average molecular weight is 569 g/mol. The monoisotopic (exact) mass is 568 g/mol. The molecule has 2 heterocycles. The fourth-order valence-electron chi connectivity index (χ4n) is 3.96. The number of amides is 1. The molecule has 5 N–H and O–H groups in total. The van der Waals surface area contributed by atoms with Crippen LogP contribution in [0.15, 0.2) is 34.9 Å². The highest BCUT2D eigenvalue weighted by atomic mass is 32.1. The van der Waals surface area contributed by atoms with E-state index in [4.69, 9.17) is 24.5 Å². The van der Waals surface area contributed by atoms with Crippen LogP contribution < -0.4 is 30.6 Å². The average Bonchev–Trinajstić information content (AvgIpc) is 3.55. The molecular formula is C27H32N6O6S. The number of ether oxygens (including phenoxy) is 3. The van der Waals surface area contributed by atoms with Gasteiger partial charge in [0.15, 0.2) is 16.6 Å². The van der Waals surface area contributed by atoms with Gasteiger partial charge in [0, 0.05) is 29.1 Å². The van der Waals surface area contributed by atoms with Crippen molar-refractivity contribution < 1.29 is 28.6 Å². The number of aromatic nitrogens is 3. The van der Waals surface area contributed by atoms with Crippen molar-refractivity contribution in [1.82, 2.24) is 15.1 Å². The van der Waals surface area contributed by atoms with Gasteiger partial charge in [-0.15, -0.1) is 0 Å². The Hall–Kier alpha value is -4.36. The molecule has 2 aromatic carbocycles. The smallest absolute Gasteiger partial charge is 0.272 e.